The average molecular weight is 438 g/mol. The monoisotopic (exact) mass is 437 g/mol. The molecule has 1 unspecified atom stereocenters. The lowest BCUT2D eigenvalue weighted by atomic mass is 9.88. The Labute approximate surface area is 174 Å². The summed E-state index contributed by atoms with van der Waals surface area (Å²) >= 11 is 3.44. The molecule has 0 aliphatic heterocycles. The van der Waals surface area contributed by atoms with Crippen molar-refractivity contribution in [3.05, 3.63) is 75.4 Å². The third-order valence-electron chi connectivity index (χ3n) is 5.10. The molecule has 1 atom stereocenters. The second-order valence-electron chi connectivity index (χ2n) is 6.96. The van der Waals surface area contributed by atoms with Crippen molar-refractivity contribution < 1.29 is 4.79 Å². The summed E-state index contributed by atoms with van der Waals surface area (Å²) in [5.41, 5.74) is 4.76. The molecule has 1 aliphatic rings. The molecule has 1 aliphatic carbocycles. The Hall–Kier alpha value is -2.58. The molecule has 4 nitrogen and oxygen atoms in total. The fourth-order valence-electron chi connectivity index (χ4n) is 3.50. The highest BCUT2D eigenvalue weighted by atomic mass is 79.9. The molecule has 0 spiro atoms. The molecule has 0 heterocycles. The van der Waals surface area contributed by atoms with Gasteiger partial charge in [0.25, 0.3) is 5.91 Å². The topological polar surface area (TPSA) is 64.9 Å². The zero-order chi connectivity index (χ0) is 19.9. The van der Waals surface area contributed by atoms with Crippen molar-refractivity contribution >= 4 is 27.5 Å². The number of fused-ring (bicyclic) bond motifs is 1. The van der Waals surface area contributed by atoms with E-state index in [0.29, 0.717) is 0 Å². The third kappa shape index (κ3) is 4.82. The summed E-state index contributed by atoms with van der Waals surface area (Å²) in [4.78, 5) is 12.7. The van der Waals surface area contributed by atoms with Crippen LogP contribution in [0.25, 0.3) is 0 Å². The summed E-state index contributed by atoms with van der Waals surface area (Å²) in [6, 6.07) is 16.0. The summed E-state index contributed by atoms with van der Waals surface area (Å²) in [5, 5.41) is 15.5. The van der Waals surface area contributed by atoms with Crippen LogP contribution in [0.5, 0.6) is 0 Å². The number of carbonyl (C=O) groups excluding carboxylic acids is 1. The summed E-state index contributed by atoms with van der Waals surface area (Å²) in [6.07, 6.45) is 6.94. The summed E-state index contributed by atoms with van der Waals surface area (Å²) in [5.74, 6) is -0.369. The minimum atomic E-state index is -0.369. The fourth-order valence-corrected chi connectivity index (χ4v) is 3.90. The van der Waals surface area contributed by atoms with Gasteiger partial charge in [0.05, 0.1) is 11.7 Å². The molecule has 2 aromatic carbocycles. The van der Waals surface area contributed by atoms with Gasteiger partial charge in [-0.1, -0.05) is 37.3 Å². The van der Waals surface area contributed by atoms with Crippen molar-refractivity contribution in [3.8, 4) is 6.07 Å². The van der Waals surface area contributed by atoms with Crippen LogP contribution in [0, 0.1) is 11.3 Å². The number of amides is 1. The standard InChI is InChI=1S/C23H24BrN3O/c1-2-21(18-12-11-16-7-3-4-8-17(16)13-18)27-23(28)19(14-25)15-26-22-10-6-5-9-20(22)24/h5-6,9-13,15,21,26H,2-4,7-8H2,1H3,(H,27,28)/b19-15-. The lowest BCUT2D eigenvalue weighted by Gasteiger charge is -2.21. The van der Waals surface area contributed by atoms with E-state index in [9.17, 15) is 10.1 Å². The van der Waals surface area contributed by atoms with E-state index >= 15 is 0 Å². The number of aryl methyl sites for hydroxylation is 2. The van der Waals surface area contributed by atoms with Gasteiger partial charge in [-0.15, -0.1) is 0 Å². The quantitative estimate of drug-likeness (QED) is 0.468. The normalized spacial score (nSPS) is 14.5. The zero-order valence-electron chi connectivity index (χ0n) is 16.0. The van der Waals surface area contributed by atoms with Gasteiger partial charge in [-0.05, 0) is 76.9 Å². The first-order chi connectivity index (χ1) is 13.6. The first-order valence-corrected chi connectivity index (χ1v) is 10.5. The smallest absolute Gasteiger partial charge is 0.263 e. The Kier molecular flexibility index (Phi) is 6.89. The van der Waals surface area contributed by atoms with Gasteiger partial charge in [0, 0.05) is 10.7 Å². The molecule has 0 bridgehead atoms. The highest BCUT2D eigenvalue weighted by molar-refractivity contribution is 9.10. The van der Waals surface area contributed by atoms with Crippen LogP contribution in [-0.4, -0.2) is 5.91 Å². The highest BCUT2D eigenvalue weighted by Gasteiger charge is 2.18. The van der Waals surface area contributed by atoms with Gasteiger partial charge in [0.15, 0.2) is 0 Å². The predicted octanol–water partition coefficient (Wildman–Crippen LogP) is 5.41. The molecule has 28 heavy (non-hydrogen) atoms. The number of carbonyl (C=O) groups is 1. The van der Waals surface area contributed by atoms with Gasteiger partial charge in [-0.2, -0.15) is 5.26 Å². The molecular formula is C23H24BrN3O. The molecular weight excluding hydrogens is 414 g/mol. The lowest BCUT2D eigenvalue weighted by Crippen LogP contribution is -2.29. The second kappa shape index (κ2) is 9.57. The molecule has 144 valence electrons. The number of halogens is 1. The molecule has 2 aromatic rings. The van der Waals surface area contributed by atoms with E-state index in [1.807, 2.05) is 37.3 Å². The van der Waals surface area contributed by atoms with E-state index in [-0.39, 0.29) is 17.5 Å². The zero-order valence-corrected chi connectivity index (χ0v) is 17.6. The van der Waals surface area contributed by atoms with Crippen LogP contribution in [0.3, 0.4) is 0 Å². The van der Waals surface area contributed by atoms with Crippen molar-refractivity contribution in [1.82, 2.24) is 5.32 Å². The number of nitrogens with zero attached hydrogens (tertiary/aromatic N) is 1. The first kappa shape index (κ1) is 20.2. The number of nitrogens with one attached hydrogen (secondary N) is 2. The summed E-state index contributed by atoms with van der Waals surface area (Å²) in [6.45, 7) is 2.04. The van der Waals surface area contributed by atoms with Crippen LogP contribution in [0.4, 0.5) is 5.69 Å². The molecule has 0 fully saturated rings. The largest absolute Gasteiger partial charge is 0.359 e. The summed E-state index contributed by atoms with van der Waals surface area (Å²) < 4.78 is 0.865. The minimum absolute atomic E-state index is 0.0483. The van der Waals surface area contributed by atoms with Gasteiger partial charge < -0.3 is 10.6 Å². The highest BCUT2D eigenvalue weighted by Crippen LogP contribution is 2.26. The SMILES string of the molecule is CCC(NC(=O)/C(C#N)=C\Nc1ccccc1Br)c1ccc2c(c1)CCCC2. The van der Waals surface area contributed by atoms with Crippen molar-refractivity contribution in [2.75, 3.05) is 5.32 Å². The Balaban J connectivity index is 1.72. The number of benzene rings is 2. The molecule has 2 N–H and O–H groups in total. The van der Waals surface area contributed by atoms with Crippen molar-refractivity contribution in [2.45, 2.75) is 45.1 Å². The maximum Gasteiger partial charge on any atom is 0.263 e. The van der Waals surface area contributed by atoms with Crippen LogP contribution in [0.2, 0.25) is 0 Å². The van der Waals surface area contributed by atoms with Crippen LogP contribution in [0.1, 0.15) is 48.9 Å². The Morgan fingerprint density at radius 1 is 1.21 bits per heavy atom. The Morgan fingerprint density at radius 3 is 2.68 bits per heavy atom. The van der Waals surface area contributed by atoms with Crippen LogP contribution in [-0.2, 0) is 17.6 Å². The van der Waals surface area contributed by atoms with Crippen molar-refractivity contribution in [2.24, 2.45) is 0 Å². The molecule has 0 radical (unpaired) electrons. The average Bonchev–Trinajstić information content (AvgIpc) is 2.73. The van der Waals surface area contributed by atoms with Gasteiger partial charge >= 0.3 is 0 Å². The molecule has 1 amide bonds. The Morgan fingerprint density at radius 2 is 1.96 bits per heavy atom. The number of hydrogen-bond acceptors (Lipinski definition) is 3. The predicted molar refractivity (Wildman–Crippen MR) is 116 cm³/mol. The summed E-state index contributed by atoms with van der Waals surface area (Å²) in [7, 11) is 0. The van der Waals surface area contributed by atoms with Gasteiger partial charge in [-0.3, -0.25) is 4.79 Å². The van der Waals surface area contributed by atoms with Gasteiger partial charge in [0.1, 0.15) is 11.6 Å². The Bertz CT molecular complexity index is 930. The van der Waals surface area contributed by atoms with Crippen molar-refractivity contribution in [3.63, 3.8) is 0 Å². The minimum Gasteiger partial charge on any atom is -0.359 e. The lowest BCUT2D eigenvalue weighted by molar-refractivity contribution is -0.117. The number of hydrogen-bond donors (Lipinski definition) is 2. The fraction of sp³-hybridized carbons (Fsp3) is 0.304. The maximum atomic E-state index is 12.7. The second-order valence-corrected chi connectivity index (χ2v) is 7.82. The maximum absolute atomic E-state index is 12.7. The molecule has 0 saturated heterocycles. The molecule has 5 heteroatoms. The number of nitriles is 1. The van der Waals surface area contributed by atoms with E-state index in [2.05, 4.69) is 44.8 Å². The van der Waals surface area contributed by atoms with Gasteiger partial charge in [-0.25, -0.2) is 0 Å². The van der Waals surface area contributed by atoms with Crippen LogP contribution < -0.4 is 10.6 Å². The van der Waals surface area contributed by atoms with E-state index in [4.69, 9.17) is 0 Å². The van der Waals surface area contributed by atoms with Crippen molar-refractivity contribution in [1.29, 1.82) is 5.26 Å². The number of anilines is 1. The van der Waals surface area contributed by atoms with E-state index in [1.54, 1.807) is 0 Å². The number of para-hydroxylation sites is 1. The molecule has 3 rings (SSSR count). The first-order valence-electron chi connectivity index (χ1n) is 9.66. The third-order valence-corrected chi connectivity index (χ3v) is 5.79. The van der Waals surface area contributed by atoms with Crippen LogP contribution in [0.15, 0.2) is 58.7 Å². The van der Waals surface area contributed by atoms with Gasteiger partial charge in [0.2, 0.25) is 0 Å². The van der Waals surface area contributed by atoms with Crippen LogP contribution >= 0.6 is 15.9 Å². The molecule has 0 saturated carbocycles. The number of rotatable bonds is 6. The van der Waals surface area contributed by atoms with E-state index in [1.165, 1.54) is 30.2 Å². The molecule has 0 aromatic heterocycles. The van der Waals surface area contributed by atoms with E-state index < -0.39 is 0 Å². The van der Waals surface area contributed by atoms with E-state index in [0.717, 1.165) is 35.0 Å².